The Hall–Kier alpha value is -2.86. The SMILES string of the molecule is CCOc1ccc([C@H]2C(C#N)=C(SCCOc3ccccc3Cl)NC(=O)[C@@H]2C(=O)OC)cc1Cl. The summed E-state index contributed by atoms with van der Waals surface area (Å²) < 4.78 is 16.0. The highest BCUT2D eigenvalue weighted by Crippen LogP contribution is 2.42. The van der Waals surface area contributed by atoms with Crippen molar-refractivity contribution in [3.8, 4) is 17.6 Å². The van der Waals surface area contributed by atoms with Crippen molar-refractivity contribution in [3.63, 3.8) is 0 Å². The lowest BCUT2D eigenvalue weighted by molar-refractivity contribution is -0.150. The van der Waals surface area contributed by atoms with E-state index >= 15 is 0 Å². The minimum Gasteiger partial charge on any atom is -0.492 e. The number of para-hydroxylation sites is 1. The van der Waals surface area contributed by atoms with E-state index in [2.05, 4.69) is 11.4 Å². The van der Waals surface area contributed by atoms with Crippen LogP contribution in [0.4, 0.5) is 0 Å². The highest BCUT2D eigenvalue weighted by atomic mass is 35.5. The molecule has 1 aliphatic rings. The van der Waals surface area contributed by atoms with Crippen LogP contribution < -0.4 is 14.8 Å². The topological polar surface area (TPSA) is 97.6 Å². The minimum atomic E-state index is -1.24. The Kier molecular flexibility index (Phi) is 9.11. The molecule has 0 unspecified atom stereocenters. The second kappa shape index (κ2) is 12.0. The van der Waals surface area contributed by atoms with Gasteiger partial charge in [0.05, 0.1) is 47.0 Å². The largest absolute Gasteiger partial charge is 0.492 e. The van der Waals surface area contributed by atoms with E-state index in [0.29, 0.717) is 44.5 Å². The fraction of sp³-hybridized carbons (Fsp3) is 0.292. The number of nitriles is 1. The molecule has 0 aromatic heterocycles. The van der Waals surface area contributed by atoms with Crippen molar-refractivity contribution in [2.45, 2.75) is 12.8 Å². The number of carbonyl (C=O) groups is 2. The number of hydrogen-bond donors (Lipinski definition) is 1. The Bertz CT molecular complexity index is 1150. The number of methoxy groups -OCH3 is 1. The number of nitrogens with one attached hydrogen (secondary N) is 1. The highest BCUT2D eigenvalue weighted by molar-refractivity contribution is 8.03. The van der Waals surface area contributed by atoms with Crippen molar-refractivity contribution < 1.29 is 23.8 Å². The summed E-state index contributed by atoms with van der Waals surface area (Å²) in [7, 11) is 1.20. The van der Waals surface area contributed by atoms with Crippen LogP contribution in [-0.2, 0) is 14.3 Å². The van der Waals surface area contributed by atoms with Crippen LogP contribution in [0.1, 0.15) is 18.4 Å². The van der Waals surface area contributed by atoms with Crippen LogP contribution in [0.3, 0.4) is 0 Å². The number of nitrogens with zero attached hydrogens (tertiary/aromatic N) is 1. The summed E-state index contributed by atoms with van der Waals surface area (Å²) in [5.41, 5.74) is 0.763. The van der Waals surface area contributed by atoms with Crippen molar-refractivity contribution in [1.82, 2.24) is 5.32 Å². The maximum atomic E-state index is 12.9. The van der Waals surface area contributed by atoms with Gasteiger partial charge in [0.25, 0.3) is 0 Å². The van der Waals surface area contributed by atoms with Gasteiger partial charge in [0, 0.05) is 11.7 Å². The molecule has 0 radical (unpaired) electrons. The summed E-state index contributed by atoms with van der Waals surface area (Å²) in [6.07, 6.45) is 0. The van der Waals surface area contributed by atoms with Gasteiger partial charge in [0.2, 0.25) is 5.91 Å². The predicted molar refractivity (Wildman–Crippen MR) is 131 cm³/mol. The molecule has 0 saturated heterocycles. The van der Waals surface area contributed by atoms with Gasteiger partial charge in [-0.25, -0.2) is 0 Å². The van der Waals surface area contributed by atoms with Crippen molar-refractivity contribution in [2.24, 2.45) is 5.92 Å². The number of allylic oxidation sites excluding steroid dienone is 1. The van der Waals surface area contributed by atoms with E-state index in [1.807, 2.05) is 13.0 Å². The Morgan fingerprint density at radius 2 is 1.88 bits per heavy atom. The zero-order valence-electron chi connectivity index (χ0n) is 18.5. The minimum absolute atomic E-state index is 0.234. The molecule has 10 heteroatoms. The smallest absolute Gasteiger partial charge is 0.319 e. The molecule has 3 rings (SSSR count). The van der Waals surface area contributed by atoms with Crippen molar-refractivity contribution in [2.75, 3.05) is 26.1 Å². The molecule has 1 aliphatic heterocycles. The quantitative estimate of drug-likeness (QED) is 0.284. The molecule has 1 amide bonds. The zero-order chi connectivity index (χ0) is 24.7. The molecule has 0 fully saturated rings. The molecule has 0 saturated carbocycles. The molecule has 0 spiro atoms. The van der Waals surface area contributed by atoms with Crippen LogP contribution in [0.5, 0.6) is 11.5 Å². The molecular formula is C24H22Cl2N2O5S. The number of halogens is 2. The standard InChI is InChI=1S/C24H22Cl2N2O5S/c1-3-32-19-9-8-14(12-17(19)26)20-15(13-27)23(28-22(29)21(20)24(30)31-2)34-11-10-33-18-7-5-4-6-16(18)25/h4-9,12,20-21H,3,10-11H2,1-2H3,(H,28,29)/t20-,21+/m0/s1. The number of rotatable bonds is 9. The molecule has 0 aliphatic carbocycles. The number of thioether (sulfide) groups is 1. The lowest BCUT2D eigenvalue weighted by atomic mass is 9.78. The Labute approximate surface area is 212 Å². The molecular weight excluding hydrogens is 499 g/mol. The molecule has 178 valence electrons. The Balaban J connectivity index is 1.89. The molecule has 34 heavy (non-hydrogen) atoms. The first kappa shape index (κ1) is 25.8. The molecule has 2 atom stereocenters. The van der Waals surface area contributed by atoms with Gasteiger partial charge in [-0.15, -0.1) is 11.8 Å². The monoisotopic (exact) mass is 520 g/mol. The van der Waals surface area contributed by atoms with Crippen LogP contribution in [-0.4, -0.2) is 38.0 Å². The lowest BCUT2D eigenvalue weighted by Gasteiger charge is -2.31. The summed E-state index contributed by atoms with van der Waals surface area (Å²) in [6, 6.07) is 14.2. The molecule has 2 aromatic carbocycles. The number of carbonyl (C=O) groups excluding carboxylic acids is 2. The van der Waals surface area contributed by atoms with Gasteiger partial charge >= 0.3 is 5.97 Å². The van der Waals surface area contributed by atoms with Crippen LogP contribution in [0, 0.1) is 17.2 Å². The molecule has 0 bridgehead atoms. The van der Waals surface area contributed by atoms with E-state index < -0.39 is 23.7 Å². The van der Waals surface area contributed by atoms with E-state index in [-0.39, 0.29) is 12.2 Å². The van der Waals surface area contributed by atoms with Crippen LogP contribution in [0.2, 0.25) is 10.0 Å². The third-order valence-electron chi connectivity index (χ3n) is 5.02. The molecule has 7 nitrogen and oxygen atoms in total. The second-order valence-corrected chi connectivity index (χ2v) is 8.99. The van der Waals surface area contributed by atoms with Crippen LogP contribution in [0.25, 0.3) is 0 Å². The van der Waals surface area contributed by atoms with Gasteiger partial charge in [-0.05, 0) is 36.8 Å². The highest BCUT2D eigenvalue weighted by Gasteiger charge is 2.44. The summed E-state index contributed by atoms with van der Waals surface area (Å²) in [6.45, 7) is 2.54. The van der Waals surface area contributed by atoms with E-state index in [1.165, 1.54) is 18.9 Å². The van der Waals surface area contributed by atoms with Crippen LogP contribution in [0.15, 0.2) is 53.1 Å². The van der Waals surface area contributed by atoms with Gasteiger partial charge in [0.1, 0.15) is 17.4 Å². The van der Waals surface area contributed by atoms with Crippen molar-refractivity contribution >= 4 is 46.8 Å². The number of esters is 1. The van der Waals surface area contributed by atoms with E-state index in [0.717, 1.165) is 0 Å². The summed E-state index contributed by atoms with van der Waals surface area (Å²) in [5.74, 6) is -1.98. The predicted octanol–water partition coefficient (Wildman–Crippen LogP) is 4.94. The molecule has 1 heterocycles. The van der Waals surface area contributed by atoms with Gasteiger partial charge < -0.3 is 19.5 Å². The number of hydrogen-bond acceptors (Lipinski definition) is 7. The van der Waals surface area contributed by atoms with Gasteiger partial charge in [-0.2, -0.15) is 5.26 Å². The first-order valence-electron chi connectivity index (χ1n) is 10.4. The maximum absolute atomic E-state index is 12.9. The van der Waals surface area contributed by atoms with E-state index in [1.54, 1.807) is 36.4 Å². The summed E-state index contributed by atoms with van der Waals surface area (Å²) >= 11 is 13.7. The van der Waals surface area contributed by atoms with E-state index in [9.17, 15) is 14.9 Å². The third kappa shape index (κ3) is 5.79. The van der Waals surface area contributed by atoms with Gasteiger partial charge in [-0.3, -0.25) is 9.59 Å². The van der Waals surface area contributed by atoms with Crippen molar-refractivity contribution in [3.05, 3.63) is 68.7 Å². The van der Waals surface area contributed by atoms with E-state index in [4.69, 9.17) is 37.4 Å². The number of benzene rings is 2. The zero-order valence-corrected chi connectivity index (χ0v) is 20.8. The normalized spacial score (nSPS) is 17.6. The fourth-order valence-electron chi connectivity index (χ4n) is 3.52. The number of amides is 1. The van der Waals surface area contributed by atoms with Crippen molar-refractivity contribution in [1.29, 1.82) is 5.26 Å². The lowest BCUT2D eigenvalue weighted by Crippen LogP contribution is -2.44. The number of ether oxygens (including phenoxy) is 3. The Morgan fingerprint density at radius 3 is 2.53 bits per heavy atom. The first-order chi connectivity index (χ1) is 16.4. The average molecular weight is 521 g/mol. The van der Waals surface area contributed by atoms with Gasteiger partial charge in [-0.1, -0.05) is 41.4 Å². The maximum Gasteiger partial charge on any atom is 0.319 e. The first-order valence-corrected chi connectivity index (χ1v) is 12.1. The second-order valence-electron chi connectivity index (χ2n) is 7.07. The van der Waals surface area contributed by atoms with Gasteiger partial charge in [0.15, 0.2) is 0 Å². The average Bonchev–Trinajstić information content (AvgIpc) is 2.83. The third-order valence-corrected chi connectivity index (χ3v) is 6.61. The van der Waals surface area contributed by atoms with Crippen LogP contribution >= 0.6 is 35.0 Å². The molecule has 1 N–H and O–H groups in total. The fourth-order valence-corrected chi connectivity index (χ4v) is 4.83. The molecule has 2 aromatic rings. The summed E-state index contributed by atoms with van der Waals surface area (Å²) in [5, 5.41) is 13.8. The summed E-state index contributed by atoms with van der Waals surface area (Å²) in [4.78, 5) is 25.4. The Morgan fingerprint density at radius 1 is 1.15 bits per heavy atom.